The summed E-state index contributed by atoms with van der Waals surface area (Å²) in [6, 6.07) is 7.91. The predicted octanol–water partition coefficient (Wildman–Crippen LogP) is 3.54. The summed E-state index contributed by atoms with van der Waals surface area (Å²) in [6.07, 6.45) is 4.76. The van der Waals surface area contributed by atoms with Crippen LogP contribution in [0.15, 0.2) is 48.9 Å². The van der Waals surface area contributed by atoms with Crippen LogP contribution in [0.25, 0.3) is 11.1 Å². The van der Waals surface area contributed by atoms with Crippen LogP contribution in [0.3, 0.4) is 0 Å². The van der Waals surface area contributed by atoms with Gasteiger partial charge in [0.15, 0.2) is 5.75 Å². The Bertz CT molecular complexity index is 869. The maximum absolute atomic E-state index is 13.5. The second-order valence-corrected chi connectivity index (χ2v) is 5.42. The van der Waals surface area contributed by atoms with Gasteiger partial charge in [-0.25, -0.2) is 19.3 Å². The highest BCUT2D eigenvalue weighted by Gasteiger charge is 2.14. The monoisotopic (exact) mass is 340 g/mol. The van der Waals surface area contributed by atoms with Crippen molar-refractivity contribution in [1.82, 2.24) is 15.0 Å². The van der Waals surface area contributed by atoms with E-state index in [1.54, 1.807) is 35.6 Å². The lowest BCUT2D eigenvalue weighted by atomic mass is 10.1. The van der Waals surface area contributed by atoms with Crippen molar-refractivity contribution >= 4 is 5.95 Å². The first-order valence-corrected chi connectivity index (χ1v) is 7.54. The fraction of sp³-hybridized carbons (Fsp3) is 0.167. The Balaban J connectivity index is 1.96. The number of nitrogens with zero attached hydrogens (tertiary/aromatic N) is 4. The third-order valence-corrected chi connectivity index (χ3v) is 3.45. The molecule has 3 aromatic rings. The first kappa shape index (κ1) is 16.6. The minimum atomic E-state index is -0.375. The molecule has 0 saturated carbocycles. The van der Waals surface area contributed by atoms with E-state index in [1.165, 1.54) is 19.2 Å². The van der Waals surface area contributed by atoms with Crippen LogP contribution in [-0.4, -0.2) is 36.2 Å². The fourth-order valence-electron chi connectivity index (χ4n) is 2.27. The standard InChI is InChI=1S/C18H17FN4O2/c1-23(2)18-21-10-13(11-22-18)25-17-15(5-4-8-20-17)14-7-6-12(19)9-16(14)24-3/h4-11H,1-3H3. The molecule has 0 atom stereocenters. The zero-order valence-corrected chi connectivity index (χ0v) is 14.1. The Morgan fingerprint density at radius 2 is 1.76 bits per heavy atom. The first-order chi connectivity index (χ1) is 12.1. The van der Waals surface area contributed by atoms with Gasteiger partial charge in [-0.1, -0.05) is 0 Å². The molecule has 0 bridgehead atoms. The van der Waals surface area contributed by atoms with Gasteiger partial charge in [0.1, 0.15) is 11.6 Å². The van der Waals surface area contributed by atoms with Crippen LogP contribution < -0.4 is 14.4 Å². The lowest BCUT2D eigenvalue weighted by Gasteiger charge is -2.13. The molecule has 25 heavy (non-hydrogen) atoms. The van der Waals surface area contributed by atoms with E-state index in [4.69, 9.17) is 9.47 Å². The van der Waals surface area contributed by atoms with Gasteiger partial charge in [0.05, 0.1) is 19.5 Å². The van der Waals surface area contributed by atoms with Gasteiger partial charge in [-0.2, -0.15) is 0 Å². The number of ether oxygens (including phenoxy) is 2. The third-order valence-electron chi connectivity index (χ3n) is 3.45. The number of methoxy groups -OCH3 is 1. The smallest absolute Gasteiger partial charge is 0.227 e. The maximum atomic E-state index is 13.5. The summed E-state index contributed by atoms with van der Waals surface area (Å²) in [5.74, 6) is 1.41. The predicted molar refractivity (Wildman–Crippen MR) is 92.6 cm³/mol. The van der Waals surface area contributed by atoms with Crippen LogP contribution in [0.5, 0.6) is 17.4 Å². The van der Waals surface area contributed by atoms with E-state index in [2.05, 4.69) is 15.0 Å². The Morgan fingerprint density at radius 3 is 2.44 bits per heavy atom. The van der Waals surface area contributed by atoms with Gasteiger partial charge < -0.3 is 14.4 Å². The molecule has 1 aromatic carbocycles. The zero-order valence-electron chi connectivity index (χ0n) is 14.1. The molecule has 0 aliphatic heterocycles. The molecule has 2 heterocycles. The summed E-state index contributed by atoms with van der Waals surface area (Å²) in [5, 5.41) is 0. The Hall–Kier alpha value is -3.22. The molecule has 0 saturated heterocycles. The molecule has 0 amide bonds. The topological polar surface area (TPSA) is 60.4 Å². The molecule has 0 unspecified atom stereocenters. The summed E-state index contributed by atoms with van der Waals surface area (Å²) in [7, 11) is 5.20. The highest BCUT2D eigenvalue weighted by molar-refractivity contribution is 5.74. The number of aromatic nitrogens is 3. The molecule has 6 nitrogen and oxygen atoms in total. The average molecular weight is 340 g/mol. The summed E-state index contributed by atoms with van der Waals surface area (Å²) in [6.45, 7) is 0. The normalized spacial score (nSPS) is 10.4. The van der Waals surface area contributed by atoms with E-state index in [0.717, 1.165) is 0 Å². The molecule has 0 spiro atoms. The highest BCUT2D eigenvalue weighted by Crippen LogP contribution is 2.37. The quantitative estimate of drug-likeness (QED) is 0.708. The van der Waals surface area contributed by atoms with Crippen molar-refractivity contribution in [3.63, 3.8) is 0 Å². The second kappa shape index (κ2) is 7.12. The second-order valence-electron chi connectivity index (χ2n) is 5.42. The van der Waals surface area contributed by atoms with Crippen molar-refractivity contribution in [3.05, 3.63) is 54.7 Å². The van der Waals surface area contributed by atoms with Crippen LogP contribution in [0.4, 0.5) is 10.3 Å². The van der Waals surface area contributed by atoms with Gasteiger partial charge in [0, 0.05) is 37.5 Å². The Kier molecular flexibility index (Phi) is 4.74. The van der Waals surface area contributed by atoms with E-state index in [-0.39, 0.29) is 5.82 Å². The Labute approximate surface area is 144 Å². The van der Waals surface area contributed by atoms with Gasteiger partial charge >= 0.3 is 0 Å². The van der Waals surface area contributed by atoms with Gasteiger partial charge in [-0.15, -0.1) is 0 Å². The number of rotatable bonds is 5. The van der Waals surface area contributed by atoms with Gasteiger partial charge in [0.2, 0.25) is 11.8 Å². The van der Waals surface area contributed by atoms with Crippen molar-refractivity contribution in [2.45, 2.75) is 0 Å². The molecule has 0 aliphatic rings. The molecule has 128 valence electrons. The van der Waals surface area contributed by atoms with Crippen molar-refractivity contribution in [2.24, 2.45) is 0 Å². The van der Waals surface area contributed by atoms with Crippen LogP contribution in [0.1, 0.15) is 0 Å². The minimum Gasteiger partial charge on any atom is -0.496 e. The van der Waals surface area contributed by atoms with Crippen LogP contribution in [-0.2, 0) is 0 Å². The highest BCUT2D eigenvalue weighted by atomic mass is 19.1. The lowest BCUT2D eigenvalue weighted by Crippen LogP contribution is -2.12. The first-order valence-electron chi connectivity index (χ1n) is 7.54. The largest absolute Gasteiger partial charge is 0.496 e. The molecular formula is C18H17FN4O2. The zero-order chi connectivity index (χ0) is 17.8. The summed E-state index contributed by atoms with van der Waals surface area (Å²) in [5.41, 5.74) is 1.36. The fourth-order valence-corrected chi connectivity index (χ4v) is 2.27. The van der Waals surface area contributed by atoms with E-state index in [0.29, 0.717) is 34.5 Å². The van der Waals surface area contributed by atoms with Crippen molar-refractivity contribution in [1.29, 1.82) is 0 Å². The van der Waals surface area contributed by atoms with E-state index >= 15 is 0 Å². The molecule has 3 rings (SSSR count). The number of hydrogen-bond donors (Lipinski definition) is 0. The van der Waals surface area contributed by atoms with Crippen LogP contribution in [0, 0.1) is 5.82 Å². The summed E-state index contributed by atoms with van der Waals surface area (Å²) >= 11 is 0. The molecule has 0 fully saturated rings. The third kappa shape index (κ3) is 3.65. The minimum absolute atomic E-state index is 0.355. The molecule has 2 aromatic heterocycles. The summed E-state index contributed by atoms with van der Waals surface area (Å²) in [4.78, 5) is 14.5. The van der Waals surface area contributed by atoms with Crippen LogP contribution in [0.2, 0.25) is 0 Å². The molecule has 0 N–H and O–H groups in total. The van der Waals surface area contributed by atoms with Crippen LogP contribution >= 0.6 is 0 Å². The Morgan fingerprint density at radius 1 is 1.00 bits per heavy atom. The number of benzene rings is 1. The number of pyridine rings is 1. The average Bonchev–Trinajstić information content (AvgIpc) is 2.63. The molecule has 0 radical (unpaired) electrons. The van der Waals surface area contributed by atoms with Crippen molar-refractivity contribution in [2.75, 3.05) is 26.1 Å². The van der Waals surface area contributed by atoms with Gasteiger partial charge in [-0.05, 0) is 24.3 Å². The van der Waals surface area contributed by atoms with Gasteiger partial charge in [-0.3, -0.25) is 0 Å². The van der Waals surface area contributed by atoms with E-state index in [1.807, 2.05) is 20.2 Å². The number of halogens is 1. The number of hydrogen-bond acceptors (Lipinski definition) is 6. The summed E-state index contributed by atoms with van der Waals surface area (Å²) < 4.78 is 24.6. The lowest BCUT2D eigenvalue weighted by molar-refractivity contribution is 0.412. The van der Waals surface area contributed by atoms with Crippen molar-refractivity contribution in [3.8, 4) is 28.5 Å². The van der Waals surface area contributed by atoms with Gasteiger partial charge in [0.25, 0.3) is 0 Å². The molecular weight excluding hydrogens is 323 g/mol. The molecule has 0 aliphatic carbocycles. The molecule has 7 heteroatoms. The van der Waals surface area contributed by atoms with E-state index < -0.39 is 0 Å². The maximum Gasteiger partial charge on any atom is 0.227 e. The van der Waals surface area contributed by atoms with Crippen molar-refractivity contribution < 1.29 is 13.9 Å². The van der Waals surface area contributed by atoms with E-state index in [9.17, 15) is 4.39 Å². The number of anilines is 1. The SMILES string of the molecule is COc1cc(F)ccc1-c1cccnc1Oc1cnc(N(C)C)nc1.